The van der Waals surface area contributed by atoms with Crippen molar-refractivity contribution in [1.82, 2.24) is 10.3 Å². The maximum absolute atomic E-state index is 12.2. The maximum atomic E-state index is 12.2. The van der Waals surface area contributed by atoms with Crippen molar-refractivity contribution in [1.29, 1.82) is 0 Å². The first-order chi connectivity index (χ1) is 12.8. The molecule has 1 aromatic carbocycles. The third-order valence-electron chi connectivity index (χ3n) is 3.48. The lowest BCUT2D eigenvalue weighted by Gasteiger charge is -2.15. The van der Waals surface area contributed by atoms with Gasteiger partial charge < -0.3 is 15.4 Å². The standard InChI is InChI=1S/C18H17Cl2N3O4/c1-10-3-4-12(19)7-14(10)23-17(25)11(2)27-16(24)9-22-18(26)15-8-13(20)5-6-21-15/h3-8,11H,9H2,1-2H3,(H,22,26)(H,23,25)/t11-/m1/s1. The van der Waals surface area contributed by atoms with Crippen LogP contribution in [0.15, 0.2) is 36.5 Å². The number of carbonyl (C=O) groups is 3. The highest BCUT2D eigenvalue weighted by Gasteiger charge is 2.19. The minimum Gasteiger partial charge on any atom is -0.451 e. The number of esters is 1. The summed E-state index contributed by atoms with van der Waals surface area (Å²) in [7, 11) is 0. The Hall–Kier alpha value is -2.64. The quantitative estimate of drug-likeness (QED) is 0.714. The molecule has 0 bridgehead atoms. The van der Waals surface area contributed by atoms with Crippen molar-refractivity contribution in [2.45, 2.75) is 20.0 Å². The van der Waals surface area contributed by atoms with Crippen molar-refractivity contribution in [3.8, 4) is 0 Å². The number of carbonyl (C=O) groups excluding carboxylic acids is 3. The van der Waals surface area contributed by atoms with E-state index >= 15 is 0 Å². The average Bonchev–Trinajstić information content (AvgIpc) is 2.62. The van der Waals surface area contributed by atoms with Gasteiger partial charge in [-0.25, -0.2) is 0 Å². The van der Waals surface area contributed by atoms with Gasteiger partial charge >= 0.3 is 5.97 Å². The monoisotopic (exact) mass is 409 g/mol. The molecule has 1 atom stereocenters. The SMILES string of the molecule is Cc1ccc(Cl)cc1NC(=O)[C@@H](C)OC(=O)CNC(=O)c1cc(Cl)ccn1. The lowest BCUT2D eigenvalue weighted by molar-refractivity contribution is -0.152. The number of halogens is 2. The molecule has 2 N–H and O–H groups in total. The highest BCUT2D eigenvalue weighted by molar-refractivity contribution is 6.31. The molecule has 1 heterocycles. The molecule has 9 heteroatoms. The average molecular weight is 410 g/mol. The molecular formula is C18H17Cl2N3O4. The van der Waals surface area contributed by atoms with Gasteiger partial charge in [0.1, 0.15) is 12.2 Å². The van der Waals surface area contributed by atoms with Crippen LogP contribution < -0.4 is 10.6 Å². The predicted octanol–water partition coefficient (Wildman–Crippen LogP) is 3.00. The third-order valence-corrected chi connectivity index (χ3v) is 3.95. The van der Waals surface area contributed by atoms with Crippen molar-refractivity contribution in [3.63, 3.8) is 0 Å². The highest BCUT2D eigenvalue weighted by atomic mass is 35.5. The Kier molecular flexibility index (Phi) is 7.15. The van der Waals surface area contributed by atoms with Crippen LogP contribution in [0.25, 0.3) is 0 Å². The fraction of sp³-hybridized carbons (Fsp3) is 0.222. The summed E-state index contributed by atoms with van der Waals surface area (Å²) < 4.78 is 5.02. The smallest absolute Gasteiger partial charge is 0.326 e. The lowest BCUT2D eigenvalue weighted by atomic mass is 10.2. The molecule has 1 aromatic heterocycles. The van der Waals surface area contributed by atoms with Crippen LogP contribution in [-0.4, -0.2) is 35.4 Å². The van der Waals surface area contributed by atoms with E-state index in [2.05, 4.69) is 15.6 Å². The number of aromatic nitrogens is 1. The molecule has 0 aliphatic rings. The van der Waals surface area contributed by atoms with Crippen molar-refractivity contribution >= 4 is 46.7 Å². The first kappa shape index (κ1) is 20.7. The summed E-state index contributed by atoms with van der Waals surface area (Å²) >= 11 is 11.7. The molecular weight excluding hydrogens is 393 g/mol. The Balaban J connectivity index is 1.84. The van der Waals surface area contributed by atoms with Crippen LogP contribution in [0.1, 0.15) is 23.0 Å². The van der Waals surface area contributed by atoms with E-state index < -0.39 is 30.4 Å². The summed E-state index contributed by atoms with van der Waals surface area (Å²) in [5.74, 6) is -1.87. The largest absolute Gasteiger partial charge is 0.451 e. The van der Waals surface area contributed by atoms with Crippen LogP contribution in [-0.2, 0) is 14.3 Å². The van der Waals surface area contributed by atoms with Crippen LogP contribution >= 0.6 is 23.2 Å². The Morgan fingerprint density at radius 3 is 2.56 bits per heavy atom. The van der Waals surface area contributed by atoms with Gasteiger partial charge in [0.2, 0.25) is 0 Å². The topological polar surface area (TPSA) is 97.4 Å². The summed E-state index contributed by atoms with van der Waals surface area (Å²) in [4.78, 5) is 39.8. The minimum atomic E-state index is -1.06. The van der Waals surface area contributed by atoms with Crippen molar-refractivity contribution in [3.05, 3.63) is 57.8 Å². The molecule has 0 saturated carbocycles. The first-order valence-corrected chi connectivity index (χ1v) is 8.68. The van der Waals surface area contributed by atoms with Gasteiger partial charge in [-0.3, -0.25) is 19.4 Å². The zero-order valence-corrected chi connectivity index (χ0v) is 16.1. The number of pyridine rings is 1. The number of rotatable bonds is 6. The van der Waals surface area contributed by atoms with Gasteiger partial charge in [0.25, 0.3) is 11.8 Å². The van der Waals surface area contributed by atoms with E-state index in [0.29, 0.717) is 15.7 Å². The van der Waals surface area contributed by atoms with Crippen LogP contribution in [0.3, 0.4) is 0 Å². The van der Waals surface area contributed by atoms with Crippen LogP contribution in [0.2, 0.25) is 10.0 Å². The number of nitrogens with one attached hydrogen (secondary N) is 2. The molecule has 7 nitrogen and oxygen atoms in total. The summed E-state index contributed by atoms with van der Waals surface area (Å²) in [6.07, 6.45) is 0.317. The fourth-order valence-electron chi connectivity index (χ4n) is 2.03. The highest BCUT2D eigenvalue weighted by Crippen LogP contribution is 2.20. The number of anilines is 1. The second-order valence-corrected chi connectivity index (χ2v) is 6.50. The van der Waals surface area contributed by atoms with E-state index in [1.54, 1.807) is 18.2 Å². The molecule has 27 heavy (non-hydrogen) atoms. The van der Waals surface area contributed by atoms with Gasteiger partial charge in [-0.05, 0) is 43.7 Å². The van der Waals surface area contributed by atoms with E-state index in [9.17, 15) is 14.4 Å². The Bertz CT molecular complexity index is 873. The number of hydrogen-bond donors (Lipinski definition) is 2. The van der Waals surface area contributed by atoms with E-state index in [-0.39, 0.29) is 5.69 Å². The summed E-state index contributed by atoms with van der Waals surface area (Å²) in [6.45, 7) is 2.82. The molecule has 2 rings (SSSR count). The molecule has 0 spiro atoms. The number of ether oxygens (including phenoxy) is 1. The molecule has 0 unspecified atom stereocenters. The molecule has 142 valence electrons. The fourth-order valence-corrected chi connectivity index (χ4v) is 2.36. The van der Waals surface area contributed by atoms with Gasteiger partial charge in [0, 0.05) is 21.9 Å². The Labute approximate surface area is 166 Å². The van der Waals surface area contributed by atoms with Crippen molar-refractivity contribution < 1.29 is 19.1 Å². The van der Waals surface area contributed by atoms with Gasteiger partial charge in [0.05, 0.1) is 0 Å². The van der Waals surface area contributed by atoms with E-state index in [1.807, 2.05) is 6.92 Å². The van der Waals surface area contributed by atoms with Crippen LogP contribution in [0.5, 0.6) is 0 Å². The second-order valence-electron chi connectivity index (χ2n) is 5.62. The number of benzene rings is 1. The zero-order valence-electron chi connectivity index (χ0n) is 14.6. The number of hydrogen-bond acceptors (Lipinski definition) is 5. The van der Waals surface area contributed by atoms with Crippen LogP contribution in [0, 0.1) is 6.92 Å². The number of nitrogens with zero attached hydrogens (tertiary/aromatic N) is 1. The summed E-state index contributed by atoms with van der Waals surface area (Å²) in [5, 5.41) is 5.81. The maximum Gasteiger partial charge on any atom is 0.326 e. The Morgan fingerprint density at radius 1 is 1.15 bits per heavy atom. The van der Waals surface area contributed by atoms with Gasteiger partial charge in [0.15, 0.2) is 6.10 Å². The summed E-state index contributed by atoms with van der Waals surface area (Å²) in [6, 6.07) is 7.95. The Morgan fingerprint density at radius 2 is 1.85 bits per heavy atom. The molecule has 0 saturated heterocycles. The molecule has 2 amide bonds. The molecule has 0 aliphatic heterocycles. The summed E-state index contributed by atoms with van der Waals surface area (Å²) in [5.41, 5.74) is 1.40. The molecule has 2 aromatic rings. The number of amides is 2. The van der Waals surface area contributed by atoms with Crippen molar-refractivity contribution in [2.75, 3.05) is 11.9 Å². The zero-order chi connectivity index (χ0) is 20.0. The van der Waals surface area contributed by atoms with Gasteiger partial charge in [-0.15, -0.1) is 0 Å². The lowest BCUT2D eigenvalue weighted by Crippen LogP contribution is -2.36. The molecule has 0 fully saturated rings. The minimum absolute atomic E-state index is 0.0672. The van der Waals surface area contributed by atoms with E-state index in [0.717, 1.165) is 5.56 Å². The van der Waals surface area contributed by atoms with Gasteiger partial charge in [-0.1, -0.05) is 29.3 Å². The molecule has 0 radical (unpaired) electrons. The first-order valence-electron chi connectivity index (χ1n) is 7.92. The molecule has 0 aliphatic carbocycles. The van der Waals surface area contributed by atoms with Crippen molar-refractivity contribution in [2.24, 2.45) is 0 Å². The van der Waals surface area contributed by atoms with Gasteiger partial charge in [-0.2, -0.15) is 0 Å². The predicted molar refractivity (Wildman–Crippen MR) is 102 cm³/mol. The third kappa shape index (κ3) is 6.23. The van der Waals surface area contributed by atoms with Crippen LogP contribution in [0.4, 0.5) is 5.69 Å². The van der Waals surface area contributed by atoms with E-state index in [1.165, 1.54) is 25.3 Å². The van der Waals surface area contributed by atoms with E-state index in [4.69, 9.17) is 27.9 Å². The second kappa shape index (κ2) is 9.34. The number of aryl methyl sites for hydroxylation is 1. The normalized spacial score (nSPS) is 11.4.